The lowest BCUT2D eigenvalue weighted by atomic mass is 9.94. The van der Waals surface area contributed by atoms with E-state index >= 15 is 0 Å². The highest BCUT2D eigenvalue weighted by Crippen LogP contribution is 2.31. The Kier molecular flexibility index (Phi) is 4.62. The lowest BCUT2D eigenvalue weighted by Crippen LogP contribution is -2.27. The van der Waals surface area contributed by atoms with Crippen molar-refractivity contribution in [2.45, 2.75) is 37.0 Å². The summed E-state index contributed by atoms with van der Waals surface area (Å²) in [6.45, 7) is 0. The van der Waals surface area contributed by atoms with Gasteiger partial charge in [-0.15, -0.1) is 0 Å². The van der Waals surface area contributed by atoms with Crippen molar-refractivity contribution in [3.8, 4) is 0 Å². The van der Waals surface area contributed by atoms with Gasteiger partial charge in [0.25, 0.3) is 0 Å². The summed E-state index contributed by atoms with van der Waals surface area (Å²) in [5, 5.41) is 4.27. The Hall–Kier alpha value is -0.610. The molecule has 0 bridgehead atoms. The summed E-state index contributed by atoms with van der Waals surface area (Å²) in [6.07, 6.45) is 6.84. The third-order valence-electron chi connectivity index (χ3n) is 3.46. The lowest BCUT2D eigenvalue weighted by molar-refractivity contribution is 0.473. The van der Waals surface area contributed by atoms with Gasteiger partial charge in [0.2, 0.25) is 0 Å². The molecule has 0 atom stereocenters. The topological polar surface area (TPSA) is 38.0 Å². The number of rotatable bonds is 3. The molecule has 1 saturated carbocycles. The molecule has 0 amide bonds. The molecule has 0 aromatic heterocycles. The first-order valence-electron chi connectivity index (χ1n) is 6.14. The largest absolute Gasteiger partial charge is 0.397 e. The quantitative estimate of drug-likeness (QED) is 0.821. The van der Waals surface area contributed by atoms with Crippen LogP contribution < -0.4 is 11.1 Å². The van der Waals surface area contributed by atoms with Crippen LogP contribution in [0.2, 0.25) is 5.02 Å². The Morgan fingerprint density at radius 3 is 2.61 bits per heavy atom. The summed E-state index contributed by atoms with van der Waals surface area (Å²) in [5.41, 5.74) is 6.96. The number of hydrogen-bond donors (Lipinski definition) is 2. The molecule has 0 saturated heterocycles. The Morgan fingerprint density at radius 2 is 2.00 bits per heavy atom. The maximum absolute atomic E-state index is 13.2. The Bertz CT molecular complexity index is 420. The second-order valence-corrected chi connectivity index (χ2v) is 6.25. The van der Waals surface area contributed by atoms with Gasteiger partial charge < -0.3 is 11.1 Å². The number of nitrogen functional groups attached to an aromatic ring is 1. The monoisotopic (exact) mass is 288 g/mol. The van der Waals surface area contributed by atoms with Crippen LogP contribution in [0.5, 0.6) is 0 Å². The second-order valence-electron chi connectivity index (χ2n) is 4.71. The summed E-state index contributed by atoms with van der Waals surface area (Å²) in [5.74, 6) is -0.467. The third kappa shape index (κ3) is 3.23. The van der Waals surface area contributed by atoms with Crippen molar-refractivity contribution in [3.05, 3.63) is 23.0 Å². The van der Waals surface area contributed by atoms with Crippen molar-refractivity contribution >= 4 is 34.7 Å². The SMILES string of the molecule is CSC1CCC(Nc2cc(Cl)c(F)cc2N)CC1. The number of halogens is 2. The summed E-state index contributed by atoms with van der Waals surface area (Å²) >= 11 is 7.71. The van der Waals surface area contributed by atoms with Gasteiger partial charge in [0.05, 0.1) is 16.4 Å². The molecule has 0 heterocycles. The molecule has 100 valence electrons. The second kappa shape index (κ2) is 6.02. The Balaban J connectivity index is 2.00. The van der Waals surface area contributed by atoms with Crippen molar-refractivity contribution in [3.63, 3.8) is 0 Å². The summed E-state index contributed by atoms with van der Waals surface area (Å²) in [7, 11) is 0. The highest BCUT2D eigenvalue weighted by atomic mass is 35.5. The van der Waals surface area contributed by atoms with Crippen molar-refractivity contribution in [1.82, 2.24) is 0 Å². The van der Waals surface area contributed by atoms with Crippen LogP contribution in [-0.4, -0.2) is 17.5 Å². The van der Waals surface area contributed by atoms with Crippen LogP contribution in [0.3, 0.4) is 0 Å². The molecule has 18 heavy (non-hydrogen) atoms. The van der Waals surface area contributed by atoms with Crippen LogP contribution in [0.25, 0.3) is 0 Å². The van der Waals surface area contributed by atoms with Gasteiger partial charge in [-0.05, 0) is 38.0 Å². The fourth-order valence-corrected chi connectivity index (χ4v) is 3.26. The van der Waals surface area contributed by atoms with Gasteiger partial charge in [0, 0.05) is 17.4 Å². The van der Waals surface area contributed by atoms with Crippen molar-refractivity contribution in [2.75, 3.05) is 17.3 Å². The predicted octanol–water partition coefficient (Wildman–Crippen LogP) is 4.15. The molecule has 1 aliphatic carbocycles. The lowest BCUT2D eigenvalue weighted by Gasteiger charge is -2.29. The molecule has 0 spiro atoms. The first kappa shape index (κ1) is 13.8. The van der Waals surface area contributed by atoms with Crippen LogP contribution in [0, 0.1) is 5.82 Å². The standard InChI is InChI=1S/C13H18ClFN2S/c1-18-9-4-2-8(3-5-9)17-13-6-10(14)11(15)7-12(13)16/h6-9,17H,2-5,16H2,1H3. The van der Waals surface area contributed by atoms with Gasteiger partial charge in [0.1, 0.15) is 5.82 Å². The normalized spacial score (nSPS) is 23.9. The van der Waals surface area contributed by atoms with Gasteiger partial charge in [-0.1, -0.05) is 11.6 Å². The van der Waals surface area contributed by atoms with Gasteiger partial charge in [-0.2, -0.15) is 11.8 Å². The summed E-state index contributed by atoms with van der Waals surface area (Å²) in [6, 6.07) is 3.27. The minimum absolute atomic E-state index is 0.115. The number of hydrogen-bond acceptors (Lipinski definition) is 3. The van der Waals surface area contributed by atoms with Crippen molar-refractivity contribution in [1.29, 1.82) is 0 Å². The molecule has 3 N–H and O–H groups in total. The maximum Gasteiger partial charge on any atom is 0.143 e. The van der Waals surface area contributed by atoms with Crippen molar-refractivity contribution in [2.24, 2.45) is 0 Å². The van der Waals surface area contributed by atoms with Gasteiger partial charge >= 0.3 is 0 Å². The van der Waals surface area contributed by atoms with Gasteiger partial charge in [-0.3, -0.25) is 0 Å². The molecule has 0 unspecified atom stereocenters. The Labute approximate surface area is 116 Å². The van der Waals surface area contributed by atoms with E-state index in [0.717, 1.165) is 23.8 Å². The zero-order chi connectivity index (χ0) is 13.1. The molecule has 1 fully saturated rings. The first-order chi connectivity index (χ1) is 8.60. The molecular weight excluding hydrogens is 271 g/mol. The van der Waals surface area contributed by atoms with Crippen LogP contribution in [0.15, 0.2) is 12.1 Å². The average molecular weight is 289 g/mol. The molecule has 2 rings (SSSR count). The fourth-order valence-electron chi connectivity index (χ4n) is 2.35. The van der Waals surface area contributed by atoms with E-state index < -0.39 is 5.82 Å². The van der Waals surface area contributed by atoms with E-state index in [1.165, 1.54) is 18.9 Å². The third-order valence-corrected chi connectivity index (χ3v) is 4.89. The molecule has 2 nitrogen and oxygen atoms in total. The first-order valence-corrected chi connectivity index (χ1v) is 7.80. The molecule has 0 radical (unpaired) electrons. The predicted molar refractivity (Wildman–Crippen MR) is 79.0 cm³/mol. The fraction of sp³-hybridized carbons (Fsp3) is 0.538. The number of thioether (sulfide) groups is 1. The minimum Gasteiger partial charge on any atom is -0.397 e. The molecule has 1 aromatic rings. The van der Waals surface area contributed by atoms with E-state index in [2.05, 4.69) is 11.6 Å². The maximum atomic E-state index is 13.2. The minimum atomic E-state index is -0.467. The number of anilines is 2. The van der Waals surface area contributed by atoms with E-state index in [9.17, 15) is 4.39 Å². The summed E-state index contributed by atoms with van der Waals surface area (Å²) in [4.78, 5) is 0. The van der Waals surface area contributed by atoms with Crippen LogP contribution in [-0.2, 0) is 0 Å². The Morgan fingerprint density at radius 1 is 1.33 bits per heavy atom. The van der Waals surface area contributed by atoms with E-state index in [1.807, 2.05) is 11.8 Å². The van der Waals surface area contributed by atoms with Crippen LogP contribution in [0.1, 0.15) is 25.7 Å². The average Bonchev–Trinajstić information content (AvgIpc) is 2.37. The van der Waals surface area contributed by atoms with E-state index in [0.29, 0.717) is 11.7 Å². The molecule has 1 aromatic carbocycles. The molecule has 1 aliphatic rings. The highest BCUT2D eigenvalue weighted by molar-refractivity contribution is 7.99. The zero-order valence-corrected chi connectivity index (χ0v) is 12.0. The number of nitrogens with two attached hydrogens (primary N) is 1. The van der Waals surface area contributed by atoms with E-state index in [4.69, 9.17) is 17.3 Å². The molecular formula is C13H18ClFN2S. The van der Waals surface area contributed by atoms with E-state index in [1.54, 1.807) is 6.07 Å². The van der Waals surface area contributed by atoms with Crippen LogP contribution in [0.4, 0.5) is 15.8 Å². The molecule has 0 aliphatic heterocycles. The number of nitrogens with one attached hydrogen (secondary N) is 1. The van der Waals surface area contributed by atoms with Gasteiger partial charge in [-0.25, -0.2) is 4.39 Å². The molecule has 5 heteroatoms. The zero-order valence-electron chi connectivity index (χ0n) is 10.4. The van der Waals surface area contributed by atoms with Crippen molar-refractivity contribution < 1.29 is 4.39 Å². The number of benzene rings is 1. The van der Waals surface area contributed by atoms with E-state index in [-0.39, 0.29) is 5.02 Å². The smallest absolute Gasteiger partial charge is 0.143 e. The summed E-state index contributed by atoms with van der Waals surface area (Å²) < 4.78 is 13.2. The highest BCUT2D eigenvalue weighted by Gasteiger charge is 2.21. The van der Waals surface area contributed by atoms with Gasteiger partial charge in [0.15, 0.2) is 0 Å². The van der Waals surface area contributed by atoms with Crippen LogP contribution >= 0.6 is 23.4 Å².